The summed E-state index contributed by atoms with van der Waals surface area (Å²) in [6.45, 7) is 2.89. The van der Waals surface area contributed by atoms with Crippen molar-refractivity contribution in [3.63, 3.8) is 0 Å². The van der Waals surface area contributed by atoms with E-state index in [1.54, 1.807) is 0 Å². The Bertz CT molecular complexity index is 615. The van der Waals surface area contributed by atoms with E-state index >= 15 is 0 Å². The lowest BCUT2D eigenvalue weighted by Gasteiger charge is -2.27. The molecule has 0 aliphatic carbocycles. The fourth-order valence-corrected chi connectivity index (χ4v) is 3.06. The summed E-state index contributed by atoms with van der Waals surface area (Å²) < 4.78 is 5.87. The highest BCUT2D eigenvalue weighted by molar-refractivity contribution is 6.30. The first-order valence-electron chi connectivity index (χ1n) is 7.73. The third kappa shape index (κ3) is 4.23. The lowest BCUT2D eigenvalue weighted by Crippen LogP contribution is -3.12. The molecule has 4 heteroatoms. The van der Waals surface area contributed by atoms with Gasteiger partial charge in [0.25, 0.3) is 0 Å². The van der Waals surface area contributed by atoms with Gasteiger partial charge in [0.1, 0.15) is 30.7 Å². The van der Waals surface area contributed by atoms with Crippen molar-refractivity contribution >= 4 is 11.6 Å². The van der Waals surface area contributed by atoms with Crippen molar-refractivity contribution in [2.75, 3.05) is 13.1 Å². The van der Waals surface area contributed by atoms with Crippen LogP contribution in [0.2, 0.25) is 5.02 Å². The second kappa shape index (κ2) is 7.14. The van der Waals surface area contributed by atoms with Crippen LogP contribution in [0.3, 0.4) is 0 Å². The van der Waals surface area contributed by atoms with E-state index in [1.165, 1.54) is 10.5 Å². The Kier molecular flexibility index (Phi) is 4.98. The molecule has 2 N–H and O–H groups in total. The molecule has 22 heavy (non-hydrogen) atoms. The van der Waals surface area contributed by atoms with Crippen LogP contribution in [0.1, 0.15) is 18.4 Å². The molecular formula is C18H21ClNO2+. The van der Waals surface area contributed by atoms with Crippen molar-refractivity contribution in [3.8, 4) is 11.5 Å². The van der Waals surface area contributed by atoms with Gasteiger partial charge in [-0.25, -0.2) is 0 Å². The molecule has 1 fully saturated rings. The molecule has 1 unspecified atom stereocenters. The maximum Gasteiger partial charge on any atom is 0.127 e. The van der Waals surface area contributed by atoms with E-state index in [2.05, 4.69) is 12.1 Å². The van der Waals surface area contributed by atoms with Gasteiger partial charge in [-0.3, -0.25) is 0 Å². The van der Waals surface area contributed by atoms with Crippen LogP contribution in [0.25, 0.3) is 0 Å². The van der Waals surface area contributed by atoms with Crippen molar-refractivity contribution in [1.29, 1.82) is 0 Å². The number of quaternary nitrogens is 1. The molecular weight excluding hydrogens is 298 g/mol. The largest absolute Gasteiger partial charge is 0.457 e. The number of likely N-dealkylation sites (tertiary alicyclic amines) is 1. The summed E-state index contributed by atoms with van der Waals surface area (Å²) in [6.07, 6.45) is 1.87. The highest BCUT2D eigenvalue weighted by Crippen LogP contribution is 2.23. The number of hydrogen-bond acceptors (Lipinski definition) is 2. The highest BCUT2D eigenvalue weighted by Gasteiger charge is 2.21. The smallest absolute Gasteiger partial charge is 0.127 e. The fourth-order valence-electron chi connectivity index (χ4n) is 2.93. The second-order valence-corrected chi connectivity index (χ2v) is 6.32. The topological polar surface area (TPSA) is 33.9 Å². The van der Waals surface area contributed by atoms with E-state index in [1.807, 2.05) is 36.4 Å². The van der Waals surface area contributed by atoms with Crippen LogP contribution in [0.5, 0.6) is 11.5 Å². The maximum absolute atomic E-state index is 9.77. The number of benzene rings is 2. The summed E-state index contributed by atoms with van der Waals surface area (Å²) in [5.74, 6) is 1.61. The number of halogens is 1. The average Bonchev–Trinajstić information content (AvgIpc) is 2.50. The first-order valence-corrected chi connectivity index (χ1v) is 8.11. The number of nitrogens with one attached hydrogen (secondary N) is 1. The SMILES string of the molecule is O[C@H]1CCC[NH+](Cc2cccc(Oc3ccc(Cl)cc3)c2)C1. The molecule has 1 heterocycles. The molecule has 116 valence electrons. The van der Waals surface area contributed by atoms with Crippen LogP contribution < -0.4 is 9.64 Å². The van der Waals surface area contributed by atoms with Crippen LogP contribution in [0, 0.1) is 0 Å². The Morgan fingerprint density at radius 1 is 1.14 bits per heavy atom. The molecule has 0 saturated carbocycles. The van der Waals surface area contributed by atoms with Gasteiger partial charge in [-0.1, -0.05) is 23.7 Å². The molecule has 0 bridgehead atoms. The molecule has 1 aliphatic rings. The summed E-state index contributed by atoms with van der Waals surface area (Å²) >= 11 is 5.88. The van der Waals surface area contributed by atoms with Gasteiger partial charge in [0, 0.05) is 10.6 Å². The predicted molar refractivity (Wildman–Crippen MR) is 87.6 cm³/mol. The minimum atomic E-state index is -0.155. The summed E-state index contributed by atoms with van der Waals surface area (Å²) in [4.78, 5) is 1.43. The molecule has 1 saturated heterocycles. The fraction of sp³-hybridized carbons (Fsp3) is 0.333. The standard InChI is InChI=1S/C18H20ClNO2/c19-15-6-8-17(9-7-15)22-18-5-1-3-14(11-18)12-20-10-2-4-16(21)13-20/h1,3,5-9,11,16,21H,2,4,10,12-13H2/p+1/t16-/m0/s1. The van der Waals surface area contributed by atoms with Gasteiger partial charge in [-0.15, -0.1) is 0 Å². The molecule has 2 atom stereocenters. The van der Waals surface area contributed by atoms with Crippen LogP contribution in [0.15, 0.2) is 48.5 Å². The maximum atomic E-state index is 9.77. The Morgan fingerprint density at radius 3 is 2.73 bits per heavy atom. The van der Waals surface area contributed by atoms with Crippen LogP contribution in [-0.2, 0) is 6.54 Å². The van der Waals surface area contributed by atoms with Gasteiger partial charge >= 0.3 is 0 Å². The average molecular weight is 319 g/mol. The predicted octanol–water partition coefficient (Wildman–Crippen LogP) is 2.67. The lowest BCUT2D eigenvalue weighted by molar-refractivity contribution is -0.921. The second-order valence-electron chi connectivity index (χ2n) is 5.88. The van der Waals surface area contributed by atoms with Gasteiger partial charge < -0.3 is 14.7 Å². The van der Waals surface area contributed by atoms with E-state index in [9.17, 15) is 5.11 Å². The Balaban J connectivity index is 1.65. The Morgan fingerprint density at radius 2 is 1.95 bits per heavy atom. The normalized spacial score (nSPS) is 21.5. The highest BCUT2D eigenvalue weighted by atomic mass is 35.5. The summed E-state index contributed by atoms with van der Waals surface area (Å²) in [6, 6.07) is 15.5. The van der Waals surface area contributed by atoms with Gasteiger partial charge in [0.2, 0.25) is 0 Å². The molecule has 0 spiro atoms. The molecule has 3 nitrogen and oxygen atoms in total. The third-order valence-corrected chi connectivity index (χ3v) is 4.25. The van der Waals surface area contributed by atoms with E-state index in [-0.39, 0.29) is 6.10 Å². The number of rotatable bonds is 4. The number of ether oxygens (including phenoxy) is 1. The molecule has 0 amide bonds. The van der Waals surface area contributed by atoms with E-state index < -0.39 is 0 Å². The van der Waals surface area contributed by atoms with Crippen LogP contribution in [-0.4, -0.2) is 24.3 Å². The zero-order valence-corrected chi connectivity index (χ0v) is 13.2. The van der Waals surface area contributed by atoms with Crippen molar-refractivity contribution in [3.05, 3.63) is 59.1 Å². The van der Waals surface area contributed by atoms with Gasteiger partial charge in [0.15, 0.2) is 0 Å². The monoisotopic (exact) mass is 318 g/mol. The lowest BCUT2D eigenvalue weighted by atomic mass is 10.1. The molecule has 3 rings (SSSR count). The third-order valence-electron chi connectivity index (χ3n) is 3.99. The van der Waals surface area contributed by atoms with Gasteiger partial charge in [0.05, 0.1) is 6.54 Å². The van der Waals surface area contributed by atoms with Gasteiger partial charge in [-0.05, 0) is 49.2 Å². The van der Waals surface area contributed by atoms with Crippen LogP contribution in [0.4, 0.5) is 0 Å². The Hall–Kier alpha value is -1.55. The molecule has 2 aromatic rings. The quantitative estimate of drug-likeness (QED) is 0.909. The van der Waals surface area contributed by atoms with Crippen molar-refractivity contribution in [2.45, 2.75) is 25.5 Å². The molecule has 0 aromatic heterocycles. The Labute approximate surface area is 136 Å². The molecule has 1 aliphatic heterocycles. The zero-order chi connectivity index (χ0) is 15.4. The number of aliphatic hydroxyl groups is 1. The summed E-state index contributed by atoms with van der Waals surface area (Å²) in [7, 11) is 0. The first-order chi connectivity index (χ1) is 10.7. The number of aliphatic hydroxyl groups excluding tert-OH is 1. The molecule has 2 aromatic carbocycles. The van der Waals surface area contributed by atoms with Crippen molar-refractivity contribution < 1.29 is 14.7 Å². The van der Waals surface area contributed by atoms with Crippen LogP contribution >= 0.6 is 11.6 Å². The van der Waals surface area contributed by atoms with E-state index in [0.29, 0.717) is 5.02 Å². The first kappa shape index (κ1) is 15.3. The zero-order valence-electron chi connectivity index (χ0n) is 12.5. The van der Waals surface area contributed by atoms with Crippen molar-refractivity contribution in [1.82, 2.24) is 0 Å². The summed E-state index contributed by atoms with van der Waals surface area (Å²) in [5.41, 5.74) is 1.23. The number of hydrogen-bond donors (Lipinski definition) is 2. The van der Waals surface area contributed by atoms with E-state index in [4.69, 9.17) is 16.3 Å². The van der Waals surface area contributed by atoms with Crippen molar-refractivity contribution in [2.24, 2.45) is 0 Å². The number of piperidine rings is 1. The summed E-state index contributed by atoms with van der Waals surface area (Å²) in [5, 5.41) is 10.5. The minimum absolute atomic E-state index is 0.155. The van der Waals surface area contributed by atoms with Gasteiger partial charge in [-0.2, -0.15) is 0 Å². The molecule has 0 radical (unpaired) electrons. The minimum Gasteiger partial charge on any atom is -0.457 e. The van der Waals surface area contributed by atoms with E-state index in [0.717, 1.165) is 44.0 Å².